The first kappa shape index (κ1) is 14.9. The van der Waals surface area contributed by atoms with Gasteiger partial charge in [-0.15, -0.1) is 0 Å². The molecule has 1 atom stereocenters. The van der Waals surface area contributed by atoms with Gasteiger partial charge in [-0.3, -0.25) is 4.98 Å². The quantitative estimate of drug-likeness (QED) is 0.905. The minimum Gasteiger partial charge on any atom is -0.309 e. The van der Waals surface area contributed by atoms with E-state index in [1.807, 2.05) is 12.4 Å². The zero-order chi connectivity index (χ0) is 14.8. The molecule has 1 aromatic heterocycles. The second-order valence-corrected chi connectivity index (χ2v) is 5.98. The highest BCUT2D eigenvalue weighted by molar-refractivity contribution is 5.85. The van der Waals surface area contributed by atoms with Gasteiger partial charge in [-0.1, -0.05) is 25.1 Å². The topological polar surface area (TPSA) is 28.2 Å². The Labute approximate surface area is 122 Å². The van der Waals surface area contributed by atoms with Gasteiger partial charge < -0.3 is 10.2 Å². The molecule has 0 aliphatic rings. The van der Waals surface area contributed by atoms with E-state index in [-0.39, 0.29) is 11.6 Å². The highest BCUT2D eigenvalue weighted by Crippen LogP contribution is 2.33. The molecule has 1 unspecified atom stereocenters. The first-order valence-corrected chi connectivity index (χ1v) is 7.22. The van der Waals surface area contributed by atoms with Gasteiger partial charge in [-0.05, 0) is 51.5 Å². The van der Waals surface area contributed by atoms with Gasteiger partial charge in [0.25, 0.3) is 0 Å². The van der Waals surface area contributed by atoms with E-state index in [9.17, 15) is 0 Å². The Morgan fingerprint density at radius 2 is 2.00 bits per heavy atom. The maximum absolute atomic E-state index is 4.23. The summed E-state index contributed by atoms with van der Waals surface area (Å²) in [5.41, 5.74) is 1.36. The molecular weight excluding hydrogens is 246 g/mol. The van der Waals surface area contributed by atoms with Crippen molar-refractivity contribution in [1.29, 1.82) is 0 Å². The van der Waals surface area contributed by atoms with Crippen LogP contribution in [0, 0.1) is 0 Å². The molecule has 0 aliphatic heterocycles. The summed E-state index contributed by atoms with van der Waals surface area (Å²) in [7, 11) is 4.27. The first-order valence-electron chi connectivity index (χ1n) is 7.22. The molecule has 3 nitrogen and oxygen atoms in total. The minimum absolute atomic E-state index is 0.0214. The summed E-state index contributed by atoms with van der Waals surface area (Å²) in [6.07, 6.45) is 3.81. The van der Waals surface area contributed by atoms with Crippen LogP contribution >= 0.6 is 0 Å². The van der Waals surface area contributed by atoms with Crippen LogP contribution in [0.5, 0.6) is 0 Å². The van der Waals surface area contributed by atoms with Crippen LogP contribution in [0.25, 0.3) is 10.8 Å². The molecule has 0 aliphatic carbocycles. The van der Waals surface area contributed by atoms with Crippen molar-refractivity contribution in [3.8, 4) is 0 Å². The third-order valence-corrected chi connectivity index (χ3v) is 4.29. The van der Waals surface area contributed by atoms with Gasteiger partial charge in [0, 0.05) is 23.3 Å². The van der Waals surface area contributed by atoms with Crippen LogP contribution in [0.4, 0.5) is 0 Å². The molecule has 0 bridgehead atoms. The number of likely N-dealkylation sites (N-methyl/N-ethyl adjacent to an activating group) is 2. The molecule has 2 aromatic rings. The van der Waals surface area contributed by atoms with E-state index in [0.29, 0.717) is 0 Å². The van der Waals surface area contributed by atoms with Gasteiger partial charge in [0.1, 0.15) is 0 Å². The van der Waals surface area contributed by atoms with Crippen LogP contribution in [0.3, 0.4) is 0 Å². The van der Waals surface area contributed by atoms with Crippen LogP contribution in [0.2, 0.25) is 0 Å². The second-order valence-electron chi connectivity index (χ2n) is 5.98. The molecule has 1 aromatic carbocycles. The standard InChI is InChI=1S/C17H25N3/c1-6-19-16(17(2,3)20(4)5)15-9-7-8-13-12-18-11-10-14(13)15/h7-12,16,19H,6H2,1-5H3. The molecule has 0 saturated carbocycles. The molecule has 0 amide bonds. The molecule has 2 rings (SSSR count). The van der Waals surface area contributed by atoms with Gasteiger partial charge in [0.15, 0.2) is 0 Å². The largest absolute Gasteiger partial charge is 0.309 e. The molecule has 0 radical (unpaired) electrons. The molecular formula is C17H25N3. The van der Waals surface area contributed by atoms with E-state index in [1.165, 1.54) is 16.3 Å². The maximum atomic E-state index is 4.23. The second kappa shape index (κ2) is 5.90. The van der Waals surface area contributed by atoms with E-state index in [2.05, 4.69) is 74.3 Å². The molecule has 0 fully saturated rings. The first-order chi connectivity index (χ1) is 9.48. The Morgan fingerprint density at radius 3 is 2.65 bits per heavy atom. The summed E-state index contributed by atoms with van der Waals surface area (Å²) < 4.78 is 0. The molecule has 0 spiro atoms. The highest BCUT2D eigenvalue weighted by atomic mass is 15.2. The minimum atomic E-state index is 0.0214. The van der Waals surface area contributed by atoms with Gasteiger partial charge in [-0.25, -0.2) is 0 Å². The monoisotopic (exact) mass is 271 g/mol. The van der Waals surface area contributed by atoms with Crippen LogP contribution in [-0.2, 0) is 0 Å². The van der Waals surface area contributed by atoms with E-state index < -0.39 is 0 Å². The number of nitrogens with zero attached hydrogens (tertiary/aromatic N) is 2. The van der Waals surface area contributed by atoms with Crippen molar-refractivity contribution in [3.63, 3.8) is 0 Å². The van der Waals surface area contributed by atoms with Crippen molar-refractivity contribution in [2.45, 2.75) is 32.4 Å². The van der Waals surface area contributed by atoms with Crippen molar-refractivity contribution in [2.75, 3.05) is 20.6 Å². The Balaban J connectivity index is 2.58. The fraction of sp³-hybridized carbons (Fsp3) is 0.471. The zero-order valence-corrected chi connectivity index (χ0v) is 13.1. The fourth-order valence-electron chi connectivity index (χ4n) is 2.60. The summed E-state index contributed by atoms with van der Waals surface area (Å²) in [5.74, 6) is 0. The average molecular weight is 271 g/mol. The van der Waals surface area contributed by atoms with Crippen molar-refractivity contribution >= 4 is 10.8 Å². The van der Waals surface area contributed by atoms with Crippen molar-refractivity contribution in [2.24, 2.45) is 0 Å². The lowest BCUT2D eigenvalue weighted by Crippen LogP contribution is -2.49. The Morgan fingerprint density at radius 1 is 1.25 bits per heavy atom. The normalized spacial score (nSPS) is 13.9. The number of nitrogens with one attached hydrogen (secondary N) is 1. The number of rotatable bonds is 5. The molecule has 0 saturated heterocycles. The number of aromatic nitrogens is 1. The number of fused-ring (bicyclic) bond motifs is 1. The van der Waals surface area contributed by atoms with Crippen LogP contribution in [-0.4, -0.2) is 36.1 Å². The molecule has 108 valence electrons. The number of benzene rings is 1. The van der Waals surface area contributed by atoms with Crippen molar-refractivity contribution < 1.29 is 0 Å². The summed E-state index contributed by atoms with van der Waals surface area (Å²) >= 11 is 0. The van der Waals surface area contributed by atoms with E-state index in [1.54, 1.807) is 0 Å². The van der Waals surface area contributed by atoms with Crippen LogP contribution in [0.15, 0.2) is 36.7 Å². The summed E-state index contributed by atoms with van der Waals surface area (Å²) in [4.78, 5) is 6.50. The summed E-state index contributed by atoms with van der Waals surface area (Å²) in [6, 6.07) is 8.85. The van der Waals surface area contributed by atoms with E-state index in [4.69, 9.17) is 0 Å². The van der Waals surface area contributed by atoms with Gasteiger partial charge in [0.2, 0.25) is 0 Å². The van der Waals surface area contributed by atoms with Crippen molar-refractivity contribution in [1.82, 2.24) is 15.2 Å². The van der Waals surface area contributed by atoms with Crippen LogP contribution < -0.4 is 5.32 Å². The smallest absolute Gasteiger partial charge is 0.0507 e. The maximum Gasteiger partial charge on any atom is 0.0507 e. The Hall–Kier alpha value is -1.45. The number of hydrogen-bond donors (Lipinski definition) is 1. The van der Waals surface area contributed by atoms with Gasteiger partial charge in [-0.2, -0.15) is 0 Å². The van der Waals surface area contributed by atoms with Crippen LogP contribution in [0.1, 0.15) is 32.4 Å². The van der Waals surface area contributed by atoms with Gasteiger partial charge >= 0.3 is 0 Å². The third kappa shape index (κ3) is 2.69. The zero-order valence-electron chi connectivity index (χ0n) is 13.1. The SMILES string of the molecule is CCNC(c1cccc2cnccc12)C(C)(C)N(C)C. The molecule has 20 heavy (non-hydrogen) atoms. The summed E-state index contributed by atoms with van der Waals surface area (Å²) in [6.45, 7) is 7.66. The lowest BCUT2D eigenvalue weighted by atomic mass is 9.85. The predicted octanol–water partition coefficient (Wildman–Crippen LogP) is 3.23. The number of hydrogen-bond acceptors (Lipinski definition) is 3. The third-order valence-electron chi connectivity index (χ3n) is 4.29. The van der Waals surface area contributed by atoms with E-state index in [0.717, 1.165) is 6.54 Å². The Kier molecular flexibility index (Phi) is 4.41. The number of pyridine rings is 1. The van der Waals surface area contributed by atoms with Gasteiger partial charge in [0.05, 0.1) is 6.04 Å². The van der Waals surface area contributed by atoms with E-state index >= 15 is 0 Å². The fourth-order valence-corrected chi connectivity index (χ4v) is 2.60. The molecule has 1 heterocycles. The molecule has 1 N–H and O–H groups in total. The Bertz CT molecular complexity index is 570. The lowest BCUT2D eigenvalue weighted by molar-refractivity contribution is 0.139. The predicted molar refractivity (Wildman–Crippen MR) is 85.9 cm³/mol. The van der Waals surface area contributed by atoms with Crippen molar-refractivity contribution in [3.05, 3.63) is 42.2 Å². The molecule has 3 heteroatoms. The average Bonchev–Trinajstić information content (AvgIpc) is 2.44. The summed E-state index contributed by atoms with van der Waals surface area (Å²) in [5, 5.41) is 6.13. The lowest BCUT2D eigenvalue weighted by Gasteiger charge is -2.41. The highest BCUT2D eigenvalue weighted by Gasteiger charge is 2.33.